The van der Waals surface area contributed by atoms with Crippen LogP contribution in [0.3, 0.4) is 0 Å². The first-order valence-electron chi connectivity index (χ1n) is 6.34. The first kappa shape index (κ1) is 15.3. The lowest BCUT2D eigenvalue weighted by Crippen LogP contribution is -2.18. The van der Waals surface area contributed by atoms with Crippen LogP contribution in [0.15, 0.2) is 52.0 Å². The predicted molar refractivity (Wildman–Crippen MR) is 86.9 cm³/mol. The fourth-order valence-electron chi connectivity index (χ4n) is 1.75. The molecule has 0 aliphatic heterocycles. The Labute approximate surface area is 132 Å². The fourth-order valence-corrected chi connectivity index (χ4v) is 2.14. The van der Waals surface area contributed by atoms with Gasteiger partial charge in [0.15, 0.2) is 0 Å². The van der Waals surface area contributed by atoms with Crippen LogP contribution < -0.4 is 10.2 Å². The van der Waals surface area contributed by atoms with E-state index in [0.29, 0.717) is 11.3 Å². The number of para-hydroxylation sites is 1. The van der Waals surface area contributed by atoms with Crippen LogP contribution >= 0.6 is 15.9 Å². The minimum absolute atomic E-state index is 0.310. The molecule has 2 aromatic carbocycles. The summed E-state index contributed by atoms with van der Waals surface area (Å²) in [6.07, 6.45) is 1.59. The van der Waals surface area contributed by atoms with E-state index in [1.807, 2.05) is 31.2 Å². The molecule has 5 heteroatoms. The molecule has 0 bridgehead atoms. The minimum Gasteiger partial charge on any atom is -0.496 e. The zero-order valence-electron chi connectivity index (χ0n) is 11.8. The SMILES string of the molecule is COc1ccccc1C(=O)N/N=C/c1ccc(C)c(Br)c1. The highest BCUT2D eigenvalue weighted by Crippen LogP contribution is 2.17. The normalized spacial score (nSPS) is 10.6. The number of hydrogen-bond donors (Lipinski definition) is 1. The van der Waals surface area contributed by atoms with Crippen LogP contribution in [0.1, 0.15) is 21.5 Å². The van der Waals surface area contributed by atoms with Crippen molar-refractivity contribution in [1.82, 2.24) is 5.43 Å². The van der Waals surface area contributed by atoms with Crippen molar-refractivity contribution in [3.8, 4) is 5.75 Å². The third-order valence-electron chi connectivity index (χ3n) is 2.93. The van der Waals surface area contributed by atoms with Gasteiger partial charge in [0.1, 0.15) is 5.75 Å². The summed E-state index contributed by atoms with van der Waals surface area (Å²) in [6.45, 7) is 2.01. The van der Waals surface area contributed by atoms with Crippen molar-refractivity contribution in [2.24, 2.45) is 5.10 Å². The van der Waals surface area contributed by atoms with Gasteiger partial charge in [-0.2, -0.15) is 5.10 Å². The second-order valence-electron chi connectivity index (χ2n) is 4.41. The quantitative estimate of drug-likeness (QED) is 0.680. The van der Waals surface area contributed by atoms with Crippen LogP contribution in [0.2, 0.25) is 0 Å². The second kappa shape index (κ2) is 7.04. The lowest BCUT2D eigenvalue weighted by Gasteiger charge is -2.06. The summed E-state index contributed by atoms with van der Waals surface area (Å²) in [6, 6.07) is 12.9. The molecule has 21 heavy (non-hydrogen) atoms. The van der Waals surface area contributed by atoms with Gasteiger partial charge in [0.2, 0.25) is 0 Å². The standard InChI is InChI=1S/C16H15BrN2O2/c1-11-7-8-12(9-14(11)17)10-18-19-16(20)13-5-3-4-6-15(13)21-2/h3-10H,1-2H3,(H,19,20)/b18-10+. The van der Waals surface area contributed by atoms with Gasteiger partial charge in [-0.15, -0.1) is 0 Å². The highest BCUT2D eigenvalue weighted by atomic mass is 79.9. The highest BCUT2D eigenvalue weighted by molar-refractivity contribution is 9.10. The Kier molecular flexibility index (Phi) is 5.11. The smallest absolute Gasteiger partial charge is 0.275 e. The van der Waals surface area contributed by atoms with Gasteiger partial charge in [0.05, 0.1) is 18.9 Å². The second-order valence-corrected chi connectivity index (χ2v) is 5.26. The lowest BCUT2D eigenvalue weighted by molar-refractivity contribution is 0.0952. The topological polar surface area (TPSA) is 50.7 Å². The Morgan fingerprint density at radius 2 is 2.05 bits per heavy atom. The Hall–Kier alpha value is -2.14. The number of nitrogens with one attached hydrogen (secondary N) is 1. The number of carbonyl (C=O) groups is 1. The molecule has 0 aliphatic rings. The van der Waals surface area contributed by atoms with E-state index in [0.717, 1.165) is 15.6 Å². The fraction of sp³-hybridized carbons (Fsp3) is 0.125. The van der Waals surface area contributed by atoms with E-state index in [4.69, 9.17) is 4.74 Å². The van der Waals surface area contributed by atoms with Crippen LogP contribution in [-0.2, 0) is 0 Å². The van der Waals surface area contributed by atoms with Gasteiger partial charge in [0.25, 0.3) is 5.91 Å². The van der Waals surface area contributed by atoms with E-state index in [1.54, 1.807) is 24.4 Å². The van der Waals surface area contributed by atoms with Crippen LogP contribution in [-0.4, -0.2) is 19.2 Å². The molecule has 2 aromatic rings. The Morgan fingerprint density at radius 1 is 1.29 bits per heavy atom. The van der Waals surface area contributed by atoms with Crippen LogP contribution in [0.4, 0.5) is 0 Å². The average Bonchev–Trinajstić information content (AvgIpc) is 2.50. The van der Waals surface area contributed by atoms with E-state index >= 15 is 0 Å². The molecule has 1 N–H and O–H groups in total. The average molecular weight is 347 g/mol. The molecule has 0 atom stereocenters. The molecule has 0 aliphatic carbocycles. The number of halogens is 1. The summed E-state index contributed by atoms with van der Waals surface area (Å²) in [5, 5.41) is 3.96. The minimum atomic E-state index is -0.310. The van der Waals surface area contributed by atoms with Gasteiger partial charge >= 0.3 is 0 Å². The molecule has 108 valence electrons. The van der Waals surface area contributed by atoms with Gasteiger partial charge in [0, 0.05) is 4.47 Å². The van der Waals surface area contributed by atoms with E-state index in [1.165, 1.54) is 7.11 Å². The zero-order chi connectivity index (χ0) is 15.2. The van der Waals surface area contributed by atoms with Crippen LogP contribution in [0.5, 0.6) is 5.75 Å². The maximum Gasteiger partial charge on any atom is 0.275 e. The molecule has 0 heterocycles. The number of hydrogen-bond acceptors (Lipinski definition) is 3. The Balaban J connectivity index is 2.06. The molecular formula is C16H15BrN2O2. The highest BCUT2D eigenvalue weighted by Gasteiger charge is 2.09. The molecule has 0 fully saturated rings. The first-order valence-corrected chi connectivity index (χ1v) is 7.13. The summed E-state index contributed by atoms with van der Waals surface area (Å²) in [4.78, 5) is 12.0. The molecule has 4 nitrogen and oxygen atoms in total. The predicted octanol–water partition coefficient (Wildman–Crippen LogP) is 3.53. The molecule has 0 radical (unpaired) electrons. The van der Waals surface area contributed by atoms with Crippen LogP contribution in [0, 0.1) is 6.92 Å². The van der Waals surface area contributed by atoms with E-state index in [2.05, 4.69) is 26.5 Å². The number of benzene rings is 2. The third-order valence-corrected chi connectivity index (χ3v) is 3.78. The van der Waals surface area contributed by atoms with Crippen molar-refractivity contribution in [3.63, 3.8) is 0 Å². The van der Waals surface area contributed by atoms with Crippen molar-refractivity contribution in [2.75, 3.05) is 7.11 Å². The maximum absolute atomic E-state index is 12.0. The molecule has 0 saturated carbocycles. The summed E-state index contributed by atoms with van der Waals surface area (Å²) in [5.74, 6) is 0.207. The summed E-state index contributed by atoms with van der Waals surface area (Å²) < 4.78 is 6.14. The number of methoxy groups -OCH3 is 1. The lowest BCUT2D eigenvalue weighted by atomic mass is 10.2. The number of nitrogens with zero attached hydrogens (tertiary/aromatic N) is 1. The number of carbonyl (C=O) groups excluding carboxylic acids is 1. The summed E-state index contributed by atoms with van der Waals surface area (Å²) >= 11 is 3.46. The Morgan fingerprint density at radius 3 is 2.76 bits per heavy atom. The van der Waals surface area contributed by atoms with Gasteiger partial charge in [-0.1, -0.05) is 40.2 Å². The number of ether oxygens (including phenoxy) is 1. The molecular weight excluding hydrogens is 332 g/mol. The molecule has 1 amide bonds. The molecule has 0 spiro atoms. The molecule has 0 aromatic heterocycles. The molecule has 0 saturated heterocycles. The van der Waals surface area contributed by atoms with Crippen molar-refractivity contribution in [1.29, 1.82) is 0 Å². The number of rotatable bonds is 4. The zero-order valence-corrected chi connectivity index (χ0v) is 13.3. The van der Waals surface area contributed by atoms with E-state index < -0.39 is 0 Å². The monoisotopic (exact) mass is 346 g/mol. The molecule has 0 unspecified atom stereocenters. The summed E-state index contributed by atoms with van der Waals surface area (Å²) in [7, 11) is 1.53. The van der Waals surface area contributed by atoms with Gasteiger partial charge < -0.3 is 4.74 Å². The van der Waals surface area contributed by atoms with Crippen molar-refractivity contribution >= 4 is 28.1 Å². The van der Waals surface area contributed by atoms with E-state index in [-0.39, 0.29) is 5.91 Å². The van der Waals surface area contributed by atoms with E-state index in [9.17, 15) is 4.79 Å². The third kappa shape index (κ3) is 3.92. The van der Waals surface area contributed by atoms with Gasteiger partial charge in [-0.25, -0.2) is 5.43 Å². The number of amides is 1. The molecule has 2 rings (SSSR count). The largest absolute Gasteiger partial charge is 0.496 e. The van der Waals surface area contributed by atoms with Crippen molar-refractivity contribution in [2.45, 2.75) is 6.92 Å². The number of hydrazone groups is 1. The van der Waals surface area contributed by atoms with Crippen molar-refractivity contribution in [3.05, 3.63) is 63.6 Å². The van der Waals surface area contributed by atoms with Gasteiger partial charge in [-0.3, -0.25) is 4.79 Å². The Bertz CT molecular complexity index is 684. The summed E-state index contributed by atoms with van der Waals surface area (Å²) in [5.41, 5.74) is 4.98. The van der Waals surface area contributed by atoms with Gasteiger partial charge in [-0.05, 0) is 36.2 Å². The maximum atomic E-state index is 12.0. The van der Waals surface area contributed by atoms with Crippen molar-refractivity contribution < 1.29 is 9.53 Å². The number of aryl methyl sites for hydroxylation is 1. The first-order chi connectivity index (χ1) is 10.1. The van der Waals surface area contributed by atoms with Crippen LogP contribution in [0.25, 0.3) is 0 Å².